The lowest BCUT2D eigenvalue weighted by molar-refractivity contribution is 0.417. The second kappa shape index (κ2) is 7.23. The smallest absolute Gasteiger partial charge is 0.142 e. The van der Waals surface area contributed by atoms with E-state index in [4.69, 9.17) is 22.1 Å². The predicted octanol–water partition coefficient (Wildman–Crippen LogP) is 4.35. The predicted molar refractivity (Wildman–Crippen MR) is 97.4 cm³/mol. The van der Waals surface area contributed by atoms with Crippen LogP contribution in [0.1, 0.15) is 0 Å². The van der Waals surface area contributed by atoms with Crippen molar-refractivity contribution in [2.24, 2.45) is 0 Å². The first-order chi connectivity index (χ1) is 12.0. The normalized spacial score (nSPS) is 10.4. The molecule has 1 heterocycles. The first kappa shape index (κ1) is 16.8. The van der Waals surface area contributed by atoms with Crippen LogP contribution in [0.15, 0.2) is 48.8 Å². The number of methoxy groups -OCH3 is 1. The number of nitrogens with two attached hydrogens (primary N) is 1. The molecule has 4 N–H and O–H groups in total. The highest BCUT2D eigenvalue weighted by molar-refractivity contribution is 6.31. The van der Waals surface area contributed by atoms with Crippen molar-refractivity contribution in [1.82, 2.24) is 9.97 Å². The van der Waals surface area contributed by atoms with E-state index in [0.717, 1.165) is 0 Å². The van der Waals surface area contributed by atoms with Crippen molar-refractivity contribution >= 4 is 40.3 Å². The summed E-state index contributed by atoms with van der Waals surface area (Å²) in [4.78, 5) is 8.30. The van der Waals surface area contributed by atoms with Crippen LogP contribution in [-0.2, 0) is 0 Å². The number of nitrogen functional groups attached to an aromatic ring is 1. The summed E-state index contributed by atoms with van der Waals surface area (Å²) in [5.74, 6) is 1.20. The van der Waals surface area contributed by atoms with E-state index in [1.807, 2.05) is 0 Å². The molecule has 0 saturated heterocycles. The number of ether oxygens (including phenoxy) is 1. The summed E-state index contributed by atoms with van der Waals surface area (Å²) in [5.41, 5.74) is 7.69. The Labute approximate surface area is 148 Å². The fraction of sp³-hybridized carbons (Fsp3) is 0.0588. The van der Waals surface area contributed by atoms with Gasteiger partial charge in [-0.25, -0.2) is 14.4 Å². The second-order valence-corrected chi connectivity index (χ2v) is 5.53. The van der Waals surface area contributed by atoms with Gasteiger partial charge in [-0.2, -0.15) is 0 Å². The zero-order valence-electron chi connectivity index (χ0n) is 13.3. The van der Waals surface area contributed by atoms with Crippen molar-refractivity contribution in [1.29, 1.82) is 0 Å². The number of hydrogen-bond acceptors (Lipinski definition) is 6. The first-order valence-corrected chi connectivity index (χ1v) is 7.67. The molecule has 0 aliphatic rings. The standard InChI is InChI=1S/C17H15ClFN5O/c1-25-15-5-2-10(20)6-14(15)24-17-8-16(21-9-22-17)23-11-3-4-13(19)12(18)7-11/h2-9H,20H2,1H3,(H2,21,22,23,24). The quantitative estimate of drug-likeness (QED) is 0.587. The Bertz CT molecular complexity index is 906. The molecule has 0 atom stereocenters. The van der Waals surface area contributed by atoms with Gasteiger partial charge in [-0.3, -0.25) is 0 Å². The summed E-state index contributed by atoms with van der Waals surface area (Å²) in [6.45, 7) is 0. The zero-order valence-corrected chi connectivity index (χ0v) is 14.0. The topological polar surface area (TPSA) is 85.1 Å². The largest absolute Gasteiger partial charge is 0.495 e. The Morgan fingerprint density at radius 1 is 1.04 bits per heavy atom. The van der Waals surface area contributed by atoms with Crippen molar-refractivity contribution < 1.29 is 9.13 Å². The van der Waals surface area contributed by atoms with Gasteiger partial charge in [0.2, 0.25) is 0 Å². The lowest BCUT2D eigenvalue weighted by atomic mass is 10.2. The molecule has 0 spiro atoms. The summed E-state index contributed by atoms with van der Waals surface area (Å²) in [5, 5.41) is 6.20. The van der Waals surface area contributed by atoms with Crippen molar-refractivity contribution in [2.45, 2.75) is 0 Å². The van der Waals surface area contributed by atoms with Crippen LogP contribution in [0.5, 0.6) is 5.75 Å². The molecule has 0 aliphatic carbocycles. The van der Waals surface area contributed by atoms with Gasteiger partial charge in [0.05, 0.1) is 17.8 Å². The number of rotatable bonds is 5. The number of aromatic nitrogens is 2. The van der Waals surface area contributed by atoms with Crippen LogP contribution in [0.4, 0.5) is 33.1 Å². The molecule has 0 bridgehead atoms. The molecular weight excluding hydrogens is 345 g/mol. The van der Waals surface area contributed by atoms with Gasteiger partial charge in [0.1, 0.15) is 29.5 Å². The third-order valence-corrected chi connectivity index (χ3v) is 3.64. The Morgan fingerprint density at radius 3 is 2.52 bits per heavy atom. The Kier molecular flexibility index (Phi) is 4.85. The van der Waals surface area contributed by atoms with Crippen molar-refractivity contribution in [3.8, 4) is 5.75 Å². The van der Waals surface area contributed by atoms with Crippen LogP contribution in [0.2, 0.25) is 5.02 Å². The minimum Gasteiger partial charge on any atom is -0.495 e. The maximum Gasteiger partial charge on any atom is 0.142 e. The molecule has 3 rings (SSSR count). The third-order valence-electron chi connectivity index (χ3n) is 3.35. The Balaban J connectivity index is 1.82. The average molecular weight is 360 g/mol. The molecule has 8 heteroatoms. The monoisotopic (exact) mass is 359 g/mol. The van der Waals surface area contributed by atoms with Gasteiger partial charge in [-0.05, 0) is 36.4 Å². The summed E-state index contributed by atoms with van der Waals surface area (Å²) >= 11 is 5.78. The fourth-order valence-electron chi connectivity index (χ4n) is 2.18. The molecule has 25 heavy (non-hydrogen) atoms. The molecule has 3 aromatic rings. The van der Waals surface area contributed by atoms with E-state index in [1.165, 1.54) is 18.5 Å². The van der Waals surface area contributed by atoms with Gasteiger partial charge < -0.3 is 21.1 Å². The molecule has 0 radical (unpaired) electrons. The van der Waals surface area contributed by atoms with Gasteiger partial charge in [0.25, 0.3) is 0 Å². The fourth-order valence-corrected chi connectivity index (χ4v) is 2.36. The molecule has 0 fully saturated rings. The van der Waals surface area contributed by atoms with Gasteiger partial charge in [0, 0.05) is 17.4 Å². The molecule has 2 aromatic carbocycles. The van der Waals surface area contributed by atoms with Crippen molar-refractivity contribution in [3.05, 3.63) is 59.6 Å². The number of nitrogens with one attached hydrogen (secondary N) is 2. The van der Waals surface area contributed by atoms with Gasteiger partial charge in [-0.1, -0.05) is 11.6 Å². The molecule has 0 saturated carbocycles. The van der Waals surface area contributed by atoms with E-state index < -0.39 is 5.82 Å². The van der Waals surface area contributed by atoms with Crippen molar-refractivity contribution in [2.75, 3.05) is 23.5 Å². The van der Waals surface area contributed by atoms with E-state index >= 15 is 0 Å². The van der Waals surface area contributed by atoms with Gasteiger partial charge in [-0.15, -0.1) is 0 Å². The highest BCUT2D eigenvalue weighted by atomic mass is 35.5. The molecule has 6 nitrogen and oxygen atoms in total. The van der Waals surface area contributed by atoms with Crippen LogP contribution < -0.4 is 21.1 Å². The van der Waals surface area contributed by atoms with E-state index in [0.29, 0.717) is 34.4 Å². The molecular formula is C17H15ClFN5O. The van der Waals surface area contributed by atoms with E-state index in [9.17, 15) is 4.39 Å². The highest BCUT2D eigenvalue weighted by Gasteiger charge is 2.07. The summed E-state index contributed by atoms with van der Waals surface area (Å²) in [6.07, 6.45) is 1.40. The highest BCUT2D eigenvalue weighted by Crippen LogP contribution is 2.29. The minimum atomic E-state index is -0.481. The Hall–Kier alpha value is -3.06. The van der Waals surface area contributed by atoms with Crippen LogP contribution >= 0.6 is 11.6 Å². The third kappa shape index (κ3) is 4.07. The lowest BCUT2D eigenvalue weighted by Gasteiger charge is -2.12. The van der Waals surface area contributed by atoms with Crippen molar-refractivity contribution in [3.63, 3.8) is 0 Å². The molecule has 0 amide bonds. The lowest BCUT2D eigenvalue weighted by Crippen LogP contribution is -2.00. The molecule has 1 aromatic heterocycles. The molecule has 128 valence electrons. The summed E-state index contributed by atoms with van der Waals surface area (Å²) < 4.78 is 18.5. The number of anilines is 5. The average Bonchev–Trinajstić information content (AvgIpc) is 2.59. The van der Waals surface area contributed by atoms with Crippen LogP contribution in [-0.4, -0.2) is 17.1 Å². The van der Waals surface area contributed by atoms with Gasteiger partial charge in [0.15, 0.2) is 0 Å². The Morgan fingerprint density at radius 2 is 1.80 bits per heavy atom. The number of benzene rings is 2. The first-order valence-electron chi connectivity index (χ1n) is 7.30. The summed E-state index contributed by atoms with van der Waals surface area (Å²) in [6, 6.07) is 11.3. The van der Waals surface area contributed by atoms with E-state index in [-0.39, 0.29) is 5.02 Å². The minimum absolute atomic E-state index is 0.0295. The summed E-state index contributed by atoms with van der Waals surface area (Å²) in [7, 11) is 1.57. The molecule has 0 aliphatic heterocycles. The second-order valence-electron chi connectivity index (χ2n) is 5.13. The number of hydrogen-bond donors (Lipinski definition) is 3. The van der Waals surface area contributed by atoms with Crippen LogP contribution in [0.3, 0.4) is 0 Å². The van der Waals surface area contributed by atoms with Gasteiger partial charge >= 0.3 is 0 Å². The maximum absolute atomic E-state index is 13.2. The zero-order chi connectivity index (χ0) is 17.8. The SMILES string of the molecule is COc1ccc(N)cc1Nc1cc(Nc2ccc(F)c(Cl)c2)ncn1. The number of nitrogens with zero attached hydrogens (tertiary/aromatic N) is 2. The van der Waals surface area contributed by atoms with E-state index in [1.54, 1.807) is 37.4 Å². The molecule has 0 unspecified atom stereocenters. The van der Waals surface area contributed by atoms with Crippen LogP contribution in [0, 0.1) is 5.82 Å². The van der Waals surface area contributed by atoms with Crippen LogP contribution in [0.25, 0.3) is 0 Å². The number of halogens is 2. The maximum atomic E-state index is 13.2. The van der Waals surface area contributed by atoms with E-state index in [2.05, 4.69) is 20.6 Å².